The van der Waals surface area contributed by atoms with Crippen LogP contribution in [0.4, 0.5) is 0 Å². The molecule has 0 unspecified atom stereocenters. The van der Waals surface area contributed by atoms with Gasteiger partial charge < -0.3 is 14.6 Å². The molecule has 0 aliphatic carbocycles. The number of carbonyl (C=O) groups is 1. The second kappa shape index (κ2) is 6.15. The van der Waals surface area contributed by atoms with E-state index in [4.69, 9.17) is 9.47 Å². The van der Waals surface area contributed by atoms with Gasteiger partial charge in [0, 0.05) is 11.4 Å². The molecular formula is C15H19NO4S. The maximum absolute atomic E-state index is 11.3. The van der Waals surface area contributed by atoms with Gasteiger partial charge in [-0.15, -0.1) is 11.8 Å². The van der Waals surface area contributed by atoms with Crippen molar-refractivity contribution in [2.24, 2.45) is 0 Å². The average Bonchev–Trinajstić information content (AvgIpc) is 2.95. The van der Waals surface area contributed by atoms with Gasteiger partial charge in [0.15, 0.2) is 11.5 Å². The van der Waals surface area contributed by atoms with E-state index < -0.39 is 5.97 Å². The molecule has 2 heterocycles. The monoisotopic (exact) mass is 309 g/mol. The van der Waals surface area contributed by atoms with Gasteiger partial charge in [0.1, 0.15) is 19.3 Å². The van der Waals surface area contributed by atoms with Gasteiger partial charge in [0.25, 0.3) is 0 Å². The predicted molar refractivity (Wildman–Crippen MR) is 80.3 cm³/mol. The standard InChI is InChI=1S/C15H19NO4S/c1-21-14-8-13-12(19-5-6-20-13)7-10(14)9-16-4-2-3-11(16)15(17)18/h7-8,11H,2-6,9H2,1H3,(H,17,18)/t11-/m1/s1. The molecule has 1 saturated heterocycles. The number of likely N-dealkylation sites (tertiary alicyclic amines) is 1. The zero-order chi connectivity index (χ0) is 14.8. The van der Waals surface area contributed by atoms with Crippen LogP contribution in [0.1, 0.15) is 18.4 Å². The van der Waals surface area contributed by atoms with Crippen molar-refractivity contribution in [2.75, 3.05) is 26.0 Å². The number of thioether (sulfide) groups is 1. The lowest BCUT2D eigenvalue weighted by Gasteiger charge is -2.25. The number of rotatable bonds is 4. The fourth-order valence-electron chi connectivity index (χ4n) is 2.94. The Labute approximate surface area is 128 Å². The predicted octanol–water partition coefficient (Wildman–Crippen LogP) is 2.23. The number of carboxylic acids is 1. The van der Waals surface area contributed by atoms with E-state index in [1.807, 2.05) is 23.3 Å². The van der Waals surface area contributed by atoms with Crippen LogP contribution >= 0.6 is 11.8 Å². The molecule has 0 bridgehead atoms. The van der Waals surface area contributed by atoms with Gasteiger partial charge in [-0.05, 0) is 43.3 Å². The first-order chi connectivity index (χ1) is 10.2. The summed E-state index contributed by atoms with van der Waals surface area (Å²) in [5.74, 6) is 0.821. The molecular weight excluding hydrogens is 290 g/mol. The Morgan fingerprint density at radius 2 is 2.10 bits per heavy atom. The van der Waals surface area contributed by atoms with Crippen molar-refractivity contribution in [1.29, 1.82) is 0 Å². The van der Waals surface area contributed by atoms with E-state index in [0.29, 0.717) is 19.8 Å². The summed E-state index contributed by atoms with van der Waals surface area (Å²) in [5, 5.41) is 9.29. The Morgan fingerprint density at radius 1 is 1.38 bits per heavy atom. The average molecular weight is 309 g/mol. The molecule has 0 saturated carbocycles. The van der Waals surface area contributed by atoms with Crippen LogP contribution in [0.3, 0.4) is 0 Å². The number of benzene rings is 1. The lowest BCUT2D eigenvalue weighted by atomic mass is 10.1. The van der Waals surface area contributed by atoms with Crippen LogP contribution in [0.5, 0.6) is 11.5 Å². The first-order valence-electron chi connectivity index (χ1n) is 7.12. The SMILES string of the molecule is CSc1cc2c(cc1CN1CCC[C@@H]1C(=O)O)OCCO2. The maximum atomic E-state index is 11.3. The van der Waals surface area contributed by atoms with E-state index in [9.17, 15) is 9.90 Å². The Kier molecular flexibility index (Phi) is 4.26. The number of aliphatic carboxylic acids is 1. The van der Waals surface area contributed by atoms with Crippen LogP contribution in [-0.2, 0) is 11.3 Å². The molecule has 1 N–H and O–H groups in total. The molecule has 2 aliphatic rings. The molecule has 3 rings (SSSR count). The largest absolute Gasteiger partial charge is 0.486 e. The summed E-state index contributed by atoms with van der Waals surface area (Å²) in [6.45, 7) is 2.61. The van der Waals surface area contributed by atoms with Gasteiger partial charge in [-0.25, -0.2) is 0 Å². The topological polar surface area (TPSA) is 59.0 Å². The second-order valence-electron chi connectivity index (χ2n) is 5.27. The number of hydrogen-bond acceptors (Lipinski definition) is 5. The minimum atomic E-state index is -0.726. The van der Waals surface area contributed by atoms with Crippen LogP contribution in [0.25, 0.3) is 0 Å². The van der Waals surface area contributed by atoms with Crippen molar-refractivity contribution >= 4 is 17.7 Å². The molecule has 0 spiro atoms. The van der Waals surface area contributed by atoms with Crippen molar-refractivity contribution in [3.8, 4) is 11.5 Å². The Bertz CT molecular complexity index is 549. The molecule has 2 aliphatic heterocycles. The highest BCUT2D eigenvalue weighted by Crippen LogP contribution is 2.37. The van der Waals surface area contributed by atoms with Crippen molar-refractivity contribution in [2.45, 2.75) is 30.3 Å². The number of carboxylic acid groups (broad SMARTS) is 1. The van der Waals surface area contributed by atoms with E-state index in [1.54, 1.807) is 11.8 Å². The molecule has 5 nitrogen and oxygen atoms in total. The summed E-state index contributed by atoms with van der Waals surface area (Å²) < 4.78 is 11.2. The van der Waals surface area contributed by atoms with E-state index in [-0.39, 0.29) is 6.04 Å². The molecule has 0 amide bonds. The molecule has 114 valence electrons. The first-order valence-corrected chi connectivity index (χ1v) is 8.35. The molecule has 1 aromatic rings. The van der Waals surface area contributed by atoms with Crippen LogP contribution in [0.2, 0.25) is 0 Å². The molecule has 1 atom stereocenters. The van der Waals surface area contributed by atoms with Crippen molar-refractivity contribution in [1.82, 2.24) is 4.90 Å². The molecule has 6 heteroatoms. The van der Waals surface area contributed by atoms with Crippen molar-refractivity contribution in [3.05, 3.63) is 17.7 Å². The highest BCUT2D eigenvalue weighted by atomic mass is 32.2. The van der Waals surface area contributed by atoms with Gasteiger partial charge >= 0.3 is 5.97 Å². The van der Waals surface area contributed by atoms with Crippen molar-refractivity contribution < 1.29 is 19.4 Å². The summed E-state index contributed by atoms with van der Waals surface area (Å²) >= 11 is 1.65. The molecule has 0 aromatic heterocycles. The van der Waals surface area contributed by atoms with Gasteiger partial charge in [-0.2, -0.15) is 0 Å². The zero-order valence-electron chi connectivity index (χ0n) is 12.0. The van der Waals surface area contributed by atoms with E-state index in [2.05, 4.69) is 0 Å². The number of ether oxygens (including phenoxy) is 2. The minimum absolute atomic E-state index is 0.368. The summed E-state index contributed by atoms with van der Waals surface area (Å²) in [7, 11) is 0. The fourth-order valence-corrected chi connectivity index (χ4v) is 3.55. The minimum Gasteiger partial charge on any atom is -0.486 e. The van der Waals surface area contributed by atoms with Crippen LogP contribution < -0.4 is 9.47 Å². The van der Waals surface area contributed by atoms with Gasteiger partial charge in [0.05, 0.1) is 0 Å². The maximum Gasteiger partial charge on any atom is 0.320 e. The summed E-state index contributed by atoms with van der Waals surface area (Å²) in [5.41, 5.74) is 1.11. The van der Waals surface area contributed by atoms with E-state index in [0.717, 1.165) is 41.3 Å². The number of nitrogens with zero attached hydrogens (tertiary/aromatic N) is 1. The Morgan fingerprint density at radius 3 is 2.76 bits per heavy atom. The number of hydrogen-bond donors (Lipinski definition) is 1. The third-order valence-electron chi connectivity index (χ3n) is 3.97. The third kappa shape index (κ3) is 2.96. The Balaban J connectivity index is 1.85. The smallest absolute Gasteiger partial charge is 0.320 e. The van der Waals surface area contributed by atoms with Crippen LogP contribution in [-0.4, -0.2) is 48.0 Å². The summed E-state index contributed by atoms with van der Waals surface area (Å²) in [6, 6.07) is 3.63. The normalized spacial score (nSPS) is 21.5. The third-order valence-corrected chi connectivity index (χ3v) is 4.79. The van der Waals surface area contributed by atoms with Crippen LogP contribution in [0.15, 0.2) is 17.0 Å². The number of fused-ring (bicyclic) bond motifs is 1. The second-order valence-corrected chi connectivity index (χ2v) is 6.12. The lowest BCUT2D eigenvalue weighted by molar-refractivity contribution is -0.142. The highest BCUT2D eigenvalue weighted by Gasteiger charge is 2.31. The van der Waals surface area contributed by atoms with Crippen molar-refractivity contribution in [3.63, 3.8) is 0 Å². The molecule has 21 heavy (non-hydrogen) atoms. The van der Waals surface area contributed by atoms with Gasteiger partial charge in [-0.1, -0.05) is 0 Å². The molecule has 1 fully saturated rings. The fraction of sp³-hybridized carbons (Fsp3) is 0.533. The Hall–Kier alpha value is -1.40. The molecule has 0 radical (unpaired) electrons. The summed E-state index contributed by atoms with van der Waals surface area (Å²) in [4.78, 5) is 14.5. The van der Waals surface area contributed by atoms with E-state index in [1.165, 1.54) is 0 Å². The quantitative estimate of drug-likeness (QED) is 0.861. The van der Waals surface area contributed by atoms with Gasteiger partial charge in [0.2, 0.25) is 0 Å². The summed E-state index contributed by atoms with van der Waals surface area (Å²) in [6.07, 6.45) is 3.69. The first kappa shape index (κ1) is 14.5. The highest BCUT2D eigenvalue weighted by molar-refractivity contribution is 7.98. The zero-order valence-corrected chi connectivity index (χ0v) is 12.8. The van der Waals surface area contributed by atoms with Crippen LogP contribution in [0, 0.1) is 0 Å². The van der Waals surface area contributed by atoms with E-state index >= 15 is 0 Å². The lowest BCUT2D eigenvalue weighted by Crippen LogP contribution is -2.35. The van der Waals surface area contributed by atoms with Gasteiger partial charge in [-0.3, -0.25) is 9.69 Å². The molecule has 1 aromatic carbocycles.